The van der Waals surface area contributed by atoms with Gasteiger partial charge in [0.25, 0.3) is 0 Å². The Morgan fingerprint density at radius 1 is 1.36 bits per heavy atom. The second-order valence-corrected chi connectivity index (χ2v) is 5.81. The van der Waals surface area contributed by atoms with Crippen LogP contribution in [0.1, 0.15) is 47.0 Å². The van der Waals surface area contributed by atoms with Crippen LogP contribution in [-0.2, 0) is 4.79 Å². The first-order valence-corrected chi connectivity index (χ1v) is 5.46. The molecule has 1 heteroatoms. The maximum atomic E-state index is 12.2. The molecule has 0 saturated heterocycles. The summed E-state index contributed by atoms with van der Waals surface area (Å²) in [6.07, 6.45) is 4.87. The SMILES string of the molecule is C=CCC1C(=O)C(C)(C)CCC1(C)C. The first kappa shape index (κ1) is 11.5. The summed E-state index contributed by atoms with van der Waals surface area (Å²) >= 11 is 0. The zero-order valence-corrected chi connectivity index (χ0v) is 9.89. The van der Waals surface area contributed by atoms with Crippen LogP contribution >= 0.6 is 0 Å². The lowest BCUT2D eigenvalue weighted by atomic mass is 9.59. The van der Waals surface area contributed by atoms with E-state index in [0.717, 1.165) is 19.3 Å². The highest BCUT2D eigenvalue weighted by molar-refractivity contribution is 5.87. The topological polar surface area (TPSA) is 17.1 Å². The molecular formula is C13H22O. The van der Waals surface area contributed by atoms with Gasteiger partial charge in [0, 0.05) is 11.3 Å². The molecule has 1 aliphatic carbocycles. The van der Waals surface area contributed by atoms with E-state index >= 15 is 0 Å². The van der Waals surface area contributed by atoms with Crippen molar-refractivity contribution in [1.82, 2.24) is 0 Å². The summed E-state index contributed by atoms with van der Waals surface area (Å²) in [6, 6.07) is 0. The smallest absolute Gasteiger partial charge is 0.142 e. The van der Waals surface area contributed by atoms with E-state index in [1.165, 1.54) is 0 Å². The van der Waals surface area contributed by atoms with Gasteiger partial charge in [0.15, 0.2) is 0 Å². The van der Waals surface area contributed by atoms with E-state index in [1.807, 2.05) is 6.08 Å². The van der Waals surface area contributed by atoms with Crippen LogP contribution in [0.15, 0.2) is 12.7 Å². The second-order valence-electron chi connectivity index (χ2n) is 5.81. The molecule has 1 aliphatic rings. The Hall–Kier alpha value is -0.590. The molecule has 1 unspecified atom stereocenters. The highest BCUT2D eigenvalue weighted by atomic mass is 16.1. The highest BCUT2D eigenvalue weighted by Gasteiger charge is 2.45. The molecule has 0 heterocycles. The van der Waals surface area contributed by atoms with Gasteiger partial charge in [-0.3, -0.25) is 4.79 Å². The van der Waals surface area contributed by atoms with E-state index in [4.69, 9.17) is 0 Å². The Morgan fingerprint density at radius 2 is 1.93 bits per heavy atom. The van der Waals surface area contributed by atoms with Crippen LogP contribution in [0.25, 0.3) is 0 Å². The van der Waals surface area contributed by atoms with E-state index in [1.54, 1.807) is 0 Å². The first-order chi connectivity index (χ1) is 6.31. The van der Waals surface area contributed by atoms with Gasteiger partial charge in [0.2, 0.25) is 0 Å². The summed E-state index contributed by atoms with van der Waals surface area (Å²) in [5.41, 5.74) is 0.0317. The first-order valence-electron chi connectivity index (χ1n) is 5.46. The fourth-order valence-corrected chi connectivity index (χ4v) is 2.35. The number of hydrogen-bond donors (Lipinski definition) is 0. The Morgan fingerprint density at radius 3 is 2.43 bits per heavy atom. The van der Waals surface area contributed by atoms with Crippen LogP contribution in [0, 0.1) is 16.7 Å². The van der Waals surface area contributed by atoms with Crippen molar-refractivity contribution in [1.29, 1.82) is 0 Å². The van der Waals surface area contributed by atoms with E-state index < -0.39 is 0 Å². The Labute approximate surface area is 87.6 Å². The van der Waals surface area contributed by atoms with Gasteiger partial charge in [-0.15, -0.1) is 6.58 Å². The molecule has 0 aromatic carbocycles. The number of allylic oxidation sites excluding steroid dienone is 1. The van der Waals surface area contributed by atoms with Crippen molar-refractivity contribution in [2.24, 2.45) is 16.7 Å². The van der Waals surface area contributed by atoms with Crippen LogP contribution < -0.4 is 0 Å². The molecule has 0 aliphatic heterocycles. The van der Waals surface area contributed by atoms with E-state index in [-0.39, 0.29) is 16.7 Å². The van der Waals surface area contributed by atoms with E-state index in [9.17, 15) is 4.79 Å². The zero-order valence-electron chi connectivity index (χ0n) is 9.89. The molecule has 1 rings (SSSR count). The lowest BCUT2D eigenvalue weighted by molar-refractivity contribution is -0.140. The van der Waals surface area contributed by atoms with Crippen molar-refractivity contribution in [3.05, 3.63) is 12.7 Å². The third-order valence-corrected chi connectivity index (χ3v) is 3.72. The van der Waals surface area contributed by atoms with Gasteiger partial charge in [-0.25, -0.2) is 0 Å². The molecular weight excluding hydrogens is 172 g/mol. The van der Waals surface area contributed by atoms with Gasteiger partial charge in [-0.1, -0.05) is 33.8 Å². The second kappa shape index (κ2) is 3.52. The number of Topliss-reactive ketones (excluding diaryl/α,β-unsaturated/α-hetero) is 1. The number of ketones is 1. The van der Waals surface area contributed by atoms with Gasteiger partial charge >= 0.3 is 0 Å². The molecule has 0 amide bonds. The maximum absolute atomic E-state index is 12.2. The van der Waals surface area contributed by atoms with E-state index in [0.29, 0.717) is 5.78 Å². The molecule has 0 radical (unpaired) electrons. The molecule has 1 atom stereocenters. The van der Waals surface area contributed by atoms with Crippen LogP contribution in [0.2, 0.25) is 0 Å². The van der Waals surface area contributed by atoms with Crippen molar-refractivity contribution < 1.29 is 4.79 Å². The van der Waals surface area contributed by atoms with Crippen LogP contribution in [-0.4, -0.2) is 5.78 Å². The molecule has 0 bridgehead atoms. The summed E-state index contributed by atoms with van der Waals surface area (Å²) in [4.78, 5) is 12.2. The monoisotopic (exact) mass is 194 g/mol. The van der Waals surface area contributed by atoms with Crippen molar-refractivity contribution in [2.45, 2.75) is 47.0 Å². The Bertz CT molecular complexity index is 248. The number of hydrogen-bond acceptors (Lipinski definition) is 1. The van der Waals surface area contributed by atoms with Crippen LogP contribution in [0.3, 0.4) is 0 Å². The summed E-state index contributed by atoms with van der Waals surface area (Å²) in [7, 11) is 0. The third-order valence-electron chi connectivity index (χ3n) is 3.72. The highest BCUT2D eigenvalue weighted by Crippen LogP contribution is 2.47. The lowest BCUT2D eigenvalue weighted by Crippen LogP contribution is -2.44. The predicted octanol–water partition coefficient (Wildman–Crippen LogP) is 3.59. The largest absolute Gasteiger partial charge is 0.299 e. The van der Waals surface area contributed by atoms with Gasteiger partial charge in [0.05, 0.1) is 0 Å². The molecule has 1 saturated carbocycles. The van der Waals surface area contributed by atoms with Gasteiger partial charge < -0.3 is 0 Å². The minimum Gasteiger partial charge on any atom is -0.299 e. The number of carbonyl (C=O) groups excluding carboxylic acids is 1. The molecule has 80 valence electrons. The summed E-state index contributed by atoms with van der Waals surface area (Å²) in [6.45, 7) is 12.3. The molecule has 1 nitrogen and oxygen atoms in total. The van der Waals surface area contributed by atoms with Crippen molar-refractivity contribution in [3.63, 3.8) is 0 Å². The zero-order chi connectivity index (χ0) is 11.0. The van der Waals surface area contributed by atoms with Gasteiger partial charge in [-0.2, -0.15) is 0 Å². The van der Waals surface area contributed by atoms with E-state index in [2.05, 4.69) is 34.3 Å². The average Bonchev–Trinajstić information content (AvgIpc) is 2.08. The van der Waals surface area contributed by atoms with Crippen molar-refractivity contribution in [3.8, 4) is 0 Å². The molecule has 0 spiro atoms. The maximum Gasteiger partial charge on any atom is 0.142 e. The summed E-state index contributed by atoms with van der Waals surface area (Å²) in [5.74, 6) is 0.595. The van der Waals surface area contributed by atoms with Gasteiger partial charge in [0.1, 0.15) is 5.78 Å². The number of rotatable bonds is 2. The summed E-state index contributed by atoms with van der Waals surface area (Å²) < 4.78 is 0. The standard InChI is InChI=1S/C13H22O/c1-6-7-10-11(14)13(4,5)9-8-12(10,2)3/h6,10H,1,7-9H2,2-5H3. The Kier molecular flexibility index (Phi) is 2.89. The van der Waals surface area contributed by atoms with Crippen LogP contribution in [0.4, 0.5) is 0 Å². The van der Waals surface area contributed by atoms with Crippen LogP contribution in [0.5, 0.6) is 0 Å². The molecule has 0 aromatic heterocycles. The predicted molar refractivity (Wildman–Crippen MR) is 60.1 cm³/mol. The quantitative estimate of drug-likeness (QED) is 0.614. The average molecular weight is 194 g/mol. The van der Waals surface area contributed by atoms with Crippen molar-refractivity contribution >= 4 is 5.78 Å². The fraction of sp³-hybridized carbons (Fsp3) is 0.769. The molecule has 0 aromatic rings. The Balaban J connectivity index is 2.93. The van der Waals surface area contributed by atoms with Crippen molar-refractivity contribution in [2.75, 3.05) is 0 Å². The minimum atomic E-state index is -0.122. The van der Waals surface area contributed by atoms with Gasteiger partial charge in [-0.05, 0) is 24.7 Å². The summed E-state index contributed by atoms with van der Waals surface area (Å²) in [5, 5.41) is 0. The lowest BCUT2D eigenvalue weighted by Gasteiger charge is -2.44. The molecule has 1 fully saturated rings. The minimum absolute atomic E-state index is 0.122. The number of carbonyl (C=O) groups is 1. The third kappa shape index (κ3) is 1.92. The fourth-order valence-electron chi connectivity index (χ4n) is 2.35. The normalized spacial score (nSPS) is 30.0. The molecule has 0 N–H and O–H groups in total. The molecule has 14 heavy (non-hydrogen) atoms.